The van der Waals surface area contributed by atoms with Crippen LogP contribution in [-0.4, -0.2) is 70.0 Å². The number of esters is 2. The van der Waals surface area contributed by atoms with E-state index in [2.05, 4.69) is 9.72 Å². The maximum Gasteiger partial charge on any atom is 0.339 e. The van der Waals surface area contributed by atoms with E-state index < -0.39 is 22.0 Å². The van der Waals surface area contributed by atoms with E-state index in [0.717, 1.165) is 11.2 Å². The van der Waals surface area contributed by atoms with Crippen LogP contribution in [0.3, 0.4) is 0 Å². The van der Waals surface area contributed by atoms with Gasteiger partial charge < -0.3 is 14.4 Å². The van der Waals surface area contributed by atoms with E-state index in [1.54, 1.807) is 6.20 Å². The molecule has 150 valence electrons. The van der Waals surface area contributed by atoms with E-state index >= 15 is 0 Å². The number of hydrogen-bond acceptors (Lipinski definition) is 9. The normalized spacial score (nSPS) is 15.3. The van der Waals surface area contributed by atoms with Crippen LogP contribution >= 0.6 is 11.3 Å². The highest BCUT2D eigenvalue weighted by molar-refractivity contribution is 7.89. The molecule has 0 saturated carbocycles. The number of hydrogen-bond donors (Lipinski definition) is 0. The topological polar surface area (TPSA) is 106 Å². The summed E-state index contributed by atoms with van der Waals surface area (Å²) in [6.45, 7) is 1.39. The van der Waals surface area contributed by atoms with Gasteiger partial charge in [-0.1, -0.05) is 0 Å². The third-order valence-electron chi connectivity index (χ3n) is 4.35. The smallest absolute Gasteiger partial charge is 0.339 e. The van der Waals surface area contributed by atoms with Crippen molar-refractivity contribution >= 4 is 38.4 Å². The number of carbonyl (C=O) groups excluding carboxylic acids is 2. The lowest BCUT2D eigenvalue weighted by molar-refractivity contribution is 0.0583. The number of nitrogens with zero attached hydrogens (tertiary/aromatic N) is 3. The van der Waals surface area contributed by atoms with Crippen LogP contribution in [0.2, 0.25) is 0 Å². The molecule has 2 aromatic rings. The molecule has 1 aliphatic rings. The Morgan fingerprint density at radius 3 is 2.32 bits per heavy atom. The van der Waals surface area contributed by atoms with Gasteiger partial charge in [0.2, 0.25) is 10.0 Å². The Labute approximate surface area is 166 Å². The summed E-state index contributed by atoms with van der Waals surface area (Å²) in [6.07, 6.45) is 1.70. The second-order valence-electron chi connectivity index (χ2n) is 5.90. The van der Waals surface area contributed by atoms with Gasteiger partial charge in [0.1, 0.15) is 0 Å². The minimum atomic E-state index is -4.02. The molecular formula is C17H19N3O6S2. The van der Waals surface area contributed by atoms with Gasteiger partial charge in [0.25, 0.3) is 0 Å². The monoisotopic (exact) mass is 425 g/mol. The van der Waals surface area contributed by atoms with Crippen LogP contribution in [0.1, 0.15) is 20.7 Å². The van der Waals surface area contributed by atoms with Crippen LogP contribution in [0.15, 0.2) is 34.7 Å². The maximum atomic E-state index is 13.2. The largest absolute Gasteiger partial charge is 0.465 e. The van der Waals surface area contributed by atoms with E-state index in [4.69, 9.17) is 4.74 Å². The Bertz CT molecular complexity index is 967. The zero-order valence-electron chi connectivity index (χ0n) is 15.3. The summed E-state index contributed by atoms with van der Waals surface area (Å²) in [5.74, 6) is -1.49. The molecule has 0 amide bonds. The number of piperazine rings is 1. The van der Waals surface area contributed by atoms with Gasteiger partial charge in [-0.25, -0.2) is 23.0 Å². The van der Waals surface area contributed by atoms with Crippen LogP contribution in [0.4, 0.5) is 5.13 Å². The van der Waals surface area contributed by atoms with Crippen molar-refractivity contribution in [2.75, 3.05) is 45.3 Å². The van der Waals surface area contributed by atoms with Crippen LogP contribution < -0.4 is 4.90 Å². The van der Waals surface area contributed by atoms with Gasteiger partial charge in [-0.15, -0.1) is 11.3 Å². The molecule has 11 heteroatoms. The molecule has 1 aromatic heterocycles. The van der Waals surface area contributed by atoms with Crippen molar-refractivity contribution < 1.29 is 27.5 Å². The molecule has 28 heavy (non-hydrogen) atoms. The minimum Gasteiger partial charge on any atom is -0.465 e. The lowest BCUT2D eigenvalue weighted by atomic mass is 10.1. The second kappa shape index (κ2) is 8.25. The van der Waals surface area contributed by atoms with Gasteiger partial charge in [0.15, 0.2) is 5.13 Å². The van der Waals surface area contributed by atoms with E-state index in [9.17, 15) is 18.0 Å². The standard InChI is InChI=1S/C17H19N3O6S2/c1-25-15(21)12-3-4-13(16(22)26-2)14(11-12)28(23,24)20-8-6-19(7-9-20)17-18-5-10-27-17/h3-5,10-11H,6-9H2,1-2H3. The first kappa shape index (κ1) is 20.2. The molecule has 1 saturated heterocycles. The predicted octanol–water partition coefficient (Wildman–Crippen LogP) is 1.23. The number of carbonyl (C=O) groups is 2. The number of ether oxygens (including phenoxy) is 2. The fourth-order valence-corrected chi connectivity index (χ4v) is 5.21. The second-order valence-corrected chi connectivity index (χ2v) is 8.68. The van der Waals surface area contributed by atoms with Crippen molar-refractivity contribution in [2.45, 2.75) is 4.90 Å². The van der Waals surface area contributed by atoms with E-state index in [0.29, 0.717) is 13.1 Å². The highest BCUT2D eigenvalue weighted by Gasteiger charge is 2.33. The molecule has 9 nitrogen and oxygen atoms in total. The summed E-state index contributed by atoms with van der Waals surface area (Å²) in [7, 11) is -1.66. The third-order valence-corrected chi connectivity index (χ3v) is 7.13. The Morgan fingerprint density at radius 2 is 1.75 bits per heavy atom. The van der Waals surface area contributed by atoms with Crippen LogP contribution in [-0.2, 0) is 19.5 Å². The molecule has 0 spiro atoms. The van der Waals surface area contributed by atoms with E-state index in [-0.39, 0.29) is 29.1 Å². The molecular weight excluding hydrogens is 406 g/mol. The number of benzene rings is 1. The third kappa shape index (κ3) is 3.86. The molecule has 0 N–H and O–H groups in total. The fraction of sp³-hybridized carbons (Fsp3) is 0.353. The minimum absolute atomic E-state index is 0.0372. The van der Waals surface area contributed by atoms with Gasteiger partial charge in [0.05, 0.1) is 30.2 Å². The van der Waals surface area contributed by atoms with Crippen LogP contribution in [0, 0.1) is 0 Å². The average molecular weight is 425 g/mol. The Kier molecular flexibility index (Phi) is 5.96. The number of sulfonamides is 1. The highest BCUT2D eigenvalue weighted by atomic mass is 32.2. The van der Waals surface area contributed by atoms with Gasteiger partial charge in [-0.2, -0.15) is 4.31 Å². The zero-order chi connectivity index (χ0) is 20.3. The highest BCUT2D eigenvalue weighted by Crippen LogP contribution is 2.26. The zero-order valence-corrected chi connectivity index (χ0v) is 17.0. The molecule has 3 rings (SSSR count). The molecule has 0 atom stereocenters. The van der Waals surface area contributed by atoms with Crippen LogP contribution in [0.25, 0.3) is 0 Å². The first-order chi connectivity index (χ1) is 13.4. The summed E-state index contributed by atoms with van der Waals surface area (Å²) in [5.41, 5.74) is -0.0901. The van der Waals surface area contributed by atoms with Gasteiger partial charge in [0, 0.05) is 37.8 Å². The summed E-state index contributed by atoms with van der Waals surface area (Å²) in [6, 6.07) is 3.74. The van der Waals surface area contributed by atoms with Crippen LogP contribution in [0.5, 0.6) is 0 Å². The quantitative estimate of drug-likeness (QED) is 0.659. The van der Waals surface area contributed by atoms with Crippen molar-refractivity contribution in [3.63, 3.8) is 0 Å². The number of methoxy groups -OCH3 is 2. The first-order valence-electron chi connectivity index (χ1n) is 8.33. The number of rotatable bonds is 5. The number of anilines is 1. The lowest BCUT2D eigenvalue weighted by Crippen LogP contribution is -2.48. The maximum absolute atomic E-state index is 13.2. The Morgan fingerprint density at radius 1 is 1.07 bits per heavy atom. The molecule has 0 bridgehead atoms. The van der Waals surface area contributed by atoms with Gasteiger partial charge in [-0.05, 0) is 18.2 Å². The van der Waals surface area contributed by atoms with E-state index in [1.165, 1.54) is 42.0 Å². The predicted molar refractivity (Wildman–Crippen MR) is 102 cm³/mol. The van der Waals surface area contributed by atoms with Crippen molar-refractivity contribution in [2.24, 2.45) is 0 Å². The van der Waals surface area contributed by atoms with Crippen molar-refractivity contribution in [3.05, 3.63) is 40.9 Å². The average Bonchev–Trinajstić information content (AvgIpc) is 3.27. The first-order valence-corrected chi connectivity index (χ1v) is 10.7. The summed E-state index contributed by atoms with van der Waals surface area (Å²) >= 11 is 1.49. The van der Waals surface area contributed by atoms with Crippen molar-refractivity contribution in [1.29, 1.82) is 0 Å². The fourth-order valence-electron chi connectivity index (χ4n) is 2.89. The molecule has 2 heterocycles. The molecule has 0 unspecified atom stereocenters. The number of thiazole rings is 1. The summed E-state index contributed by atoms with van der Waals surface area (Å²) in [4.78, 5) is 29.9. The molecule has 1 fully saturated rings. The van der Waals surface area contributed by atoms with Gasteiger partial charge >= 0.3 is 11.9 Å². The van der Waals surface area contributed by atoms with Crippen molar-refractivity contribution in [1.82, 2.24) is 9.29 Å². The molecule has 1 aliphatic heterocycles. The lowest BCUT2D eigenvalue weighted by Gasteiger charge is -2.34. The SMILES string of the molecule is COC(=O)c1ccc(C(=O)OC)c(S(=O)(=O)N2CCN(c3nccs3)CC2)c1. The van der Waals surface area contributed by atoms with E-state index in [1.807, 2.05) is 10.3 Å². The summed E-state index contributed by atoms with van der Waals surface area (Å²) < 4.78 is 37.1. The Hall–Kier alpha value is -2.50. The molecule has 1 aromatic carbocycles. The van der Waals surface area contributed by atoms with Gasteiger partial charge in [-0.3, -0.25) is 0 Å². The summed E-state index contributed by atoms with van der Waals surface area (Å²) in [5, 5.41) is 2.69. The number of aromatic nitrogens is 1. The molecule has 0 radical (unpaired) electrons. The van der Waals surface area contributed by atoms with Crippen molar-refractivity contribution in [3.8, 4) is 0 Å². The Balaban J connectivity index is 1.92. The molecule has 0 aliphatic carbocycles.